The van der Waals surface area contributed by atoms with E-state index in [-0.39, 0.29) is 23.9 Å². The number of aromatic nitrogens is 3. The molecule has 40 heavy (non-hydrogen) atoms. The summed E-state index contributed by atoms with van der Waals surface area (Å²) in [4.78, 5) is 40.4. The molecular formula is C29H36N6O5. The molecule has 2 atom stereocenters. The van der Waals surface area contributed by atoms with Crippen LogP contribution in [-0.2, 0) is 19.8 Å². The molecule has 0 bridgehead atoms. The van der Waals surface area contributed by atoms with Gasteiger partial charge in [0.2, 0.25) is 5.88 Å². The summed E-state index contributed by atoms with van der Waals surface area (Å²) >= 11 is 0. The third-order valence-corrected chi connectivity index (χ3v) is 7.78. The van der Waals surface area contributed by atoms with Crippen LogP contribution in [0.4, 0.5) is 11.6 Å². The van der Waals surface area contributed by atoms with Gasteiger partial charge in [0.25, 0.3) is 5.91 Å². The van der Waals surface area contributed by atoms with Gasteiger partial charge in [0.15, 0.2) is 0 Å². The predicted octanol–water partition coefficient (Wildman–Crippen LogP) is 3.64. The van der Waals surface area contributed by atoms with Gasteiger partial charge in [-0.1, -0.05) is 6.92 Å². The van der Waals surface area contributed by atoms with Crippen molar-refractivity contribution >= 4 is 34.3 Å². The first kappa shape index (κ1) is 27.7. The van der Waals surface area contributed by atoms with Gasteiger partial charge in [0.1, 0.15) is 29.4 Å². The Hall–Kier alpha value is -3.83. The van der Waals surface area contributed by atoms with Crippen LogP contribution in [-0.4, -0.2) is 69.7 Å². The molecule has 2 aliphatic heterocycles. The van der Waals surface area contributed by atoms with Crippen molar-refractivity contribution in [2.75, 3.05) is 25.5 Å². The SMILES string of the molecule is CO[C@@H](C)C(=O)N1CC(Oc2ncc(C(C)(C)N)c3cc(Nc4ccc5c(n4)[C@@H](C)C(C)(C)OC5=O)ncc23)C1. The molecule has 3 aromatic rings. The Kier molecular flexibility index (Phi) is 6.91. The smallest absolute Gasteiger partial charge is 0.340 e. The summed E-state index contributed by atoms with van der Waals surface area (Å²) in [7, 11) is 1.52. The average molecular weight is 549 g/mol. The third-order valence-electron chi connectivity index (χ3n) is 7.78. The lowest BCUT2D eigenvalue weighted by molar-refractivity contribution is -0.149. The fourth-order valence-corrected chi connectivity index (χ4v) is 4.89. The minimum Gasteiger partial charge on any atom is -0.470 e. The first-order valence-corrected chi connectivity index (χ1v) is 13.4. The topological polar surface area (TPSA) is 142 Å². The number of amides is 1. The van der Waals surface area contributed by atoms with E-state index in [0.717, 1.165) is 10.9 Å². The maximum absolute atomic E-state index is 12.5. The van der Waals surface area contributed by atoms with Gasteiger partial charge in [-0.15, -0.1) is 0 Å². The molecule has 0 aliphatic carbocycles. The maximum atomic E-state index is 12.5. The summed E-state index contributed by atoms with van der Waals surface area (Å²) in [6, 6.07) is 5.36. The van der Waals surface area contributed by atoms with Gasteiger partial charge < -0.3 is 30.2 Å². The number of anilines is 2. The number of nitrogens with one attached hydrogen (secondary N) is 1. The number of hydrogen-bond donors (Lipinski definition) is 2. The number of esters is 1. The minimum absolute atomic E-state index is 0.0663. The van der Waals surface area contributed by atoms with E-state index in [1.54, 1.807) is 36.4 Å². The number of cyclic esters (lactones) is 1. The lowest BCUT2D eigenvalue weighted by Crippen LogP contribution is -2.58. The van der Waals surface area contributed by atoms with Crippen molar-refractivity contribution < 1.29 is 23.8 Å². The molecular weight excluding hydrogens is 512 g/mol. The van der Waals surface area contributed by atoms with Crippen LogP contribution in [0.3, 0.4) is 0 Å². The first-order valence-electron chi connectivity index (χ1n) is 13.4. The van der Waals surface area contributed by atoms with Crippen LogP contribution >= 0.6 is 0 Å². The molecule has 1 amide bonds. The lowest BCUT2D eigenvalue weighted by Gasteiger charge is -2.39. The highest BCUT2D eigenvalue weighted by Gasteiger charge is 2.40. The third kappa shape index (κ3) is 5.06. The summed E-state index contributed by atoms with van der Waals surface area (Å²) in [5.41, 5.74) is 7.15. The number of fused-ring (bicyclic) bond motifs is 2. The second-order valence-corrected chi connectivity index (χ2v) is 11.6. The number of nitrogens with zero attached hydrogens (tertiary/aromatic N) is 4. The van der Waals surface area contributed by atoms with E-state index >= 15 is 0 Å². The number of ether oxygens (including phenoxy) is 3. The monoisotopic (exact) mass is 548 g/mol. The number of rotatable bonds is 7. The summed E-state index contributed by atoms with van der Waals surface area (Å²) in [5.74, 6) is 1.03. The molecule has 11 nitrogen and oxygen atoms in total. The van der Waals surface area contributed by atoms with Crippen LogP contribution in [0.15, 0.2) is 30.6 Å². The molecule has 0 spiro atoms. The molecule has 0 unspecified atom stereocenters. The van der Waals surface area contributed by atoms with E-state index < -0.39 is 17.2 Å². The normalized spacial score (nSPS) is 19.4. The Balaban J connectivity index is 1.42. The highest BCUT2D eigenvalue weighted by atomic mass is 16.6. The van der Waals surface area contributed by atoms with E-state index in [1.165, 1.54) is 7.11 Å². The van der Waals surface area contributed by atoms with Crippen molar-refractivity contribution in [2.24, 2.45) is 5.73 Å². The highest BCUT2D eigenvalue weighted by Crippen LogP contribution is 2.38. The predicted molar refractivity (Wildman–Crippen MR) is 150 cm³/mol. The quantitative estimate of drug-likeness (QED) is 0.420. The summed E-state index contributed by atoms with van der Waals surface area (Å²) in [6.45, 7) is 12.2. The number of carbonyl (C=O) groups excluding carboxylic acids is 2. The van der Waals surface area contributed by atoms with Crippen molar-refractivity contribution in [1.82, 2.24) is 19.9 Å². The second kappa shape index (κ2) is 9.97. The maximum Gasteiger partial charge on any atom is 0.340 e. The molecule has 0 saturated carbocycles. The second-order valence-electron chi connectivity index (χ2n) is 11.6. The minimum atomic E-state index is -0.677. The molecule has 5 rings (SSSR count). The van der Waals surface area contributed by atoms with Gasteiger partial charge in [-0.05, 0) is 63.8 Å². The molecule has 212 valence electrons. The number of carbonyl (C=O) groups is 2. The average Bonchev–Trinajstić information content (AvgIpc) is 2.87. The molecule has 11 heteroatoms. The van der Waals surface area contributed by atoms with Crippen molar-refractivity contribution in [2.45, 2.75) is 70.8 Å². The van der Waals surface area contributed by atoms with E-state index in [1.807, 2.05) is 40.7 Å². The summed E-state index contributed by atoms with van der Waals surface area (Å²) < 4.78 is 16.9. The Bertz CT molecular complexity index is 1480. The van der Waals surface area contributed by atoms with E-state index in [9.17, 15) is 9.59 Å². The number of pyridine rings is 3. The first-order chi connectivity index (χ1) is 18.8. The zero-order valence-electron chi connectivity index (χ0n) is 23.9. The molecule has 5 heterocycles. The van der Waals surface area contributed by atoms with Crippen molar-refractivity contribution in [3.63, 3.8) is 0 Å². The molecule has 0 aromatic carbocycles. The van der Waals surface area contributed by atoms with Gasteiger partial charge in [-0.3, -0.25) is 4.79 Å². The molecule has 0 radical (unpaired) electrons. The Morgan fingerprint density at radius 2 is 1.93 bits per heavy atom. The van der Waals surface area contributed by atoms with Crippen LogP contribution in [0.2, 0.25) is 0 Å². The molecule has 3 N–H and O–H groups in total. The largest absolute Gasteiger partial charge is 0.470 e. The molecule has 3 aromatic heterocycles. The Morgan fingerprint density at radius 3 is 2.60 bits per heavy atom. The van der Waals surface area contributed by atoms with E-state index in [4.69, 9.17) is 24.9 Å². The number of nitrogens with two attached hydrogens (primary N) is 1. The van der Waals surface area contributed by atoms with Crippen LogP contribution in [0.1, 0.15) is 69.1 Å². The molecule has 1 saturated heterocycles. The zero-order valence-corrected chi connectivity index (χ0v) is 23.9. The van der Waals surface area contributed by atoms with Gasteiger partial charge >= 0.3 is 5.97 Å². The van der Waals surface area contributed by atoms with Crippen molar-refractivity contribution in [1.29, 1.82) is 0 Å². The van der Waals surface area contributed by atoms with Crippen LogP contribution in [0.25, 0.3) is 10.8 Å². The van der Waals surface area contributed by atoms with E-state index in [2.05, 4.69) is 15.3 Å². The zero-order chi connectivity index (χ0) is 29.0. The Morgan fingerprint density at radius 1 is 1.20 bits per heavy atom. The van der Waals surface area contributed by atoms with Gasteiger partial charge in [-0.25, -0.2) is 19.7 Å². The molecule has 2 aliphatic rings. The Labute approximate surface area is 233 Å². The van der Waals surface area contributed by atoms with Crippen LogP contribution in [0, 0.1) is 0 Å². The van der Waals surface area contributed by atoms with Crippen molar-refractivity contribution in [3.05, 3.63) is 47.4 Å². The summed E-state index contributed by atoms with van der Waals surface area (Å²) in [6.07, 6.45) is 2.75. The number of methoxy groups -OCH3 is 1. The fourth-order valence-electron chi connectivity index (χ4n) is 4.89. The highest BCUT2D eigenvalue weighted by molar-refractivity contribution is 5.93. The standard InChI is InChI=1S/C29H36N6O5/c1-15-24-18(27(37)40-29(15,5)6)8-9-22(34-24)33-23-10-19-20(11-31-23)25(32-12-21(19)28(3,4)30)39-17-13-35(14-17)26(36)16(2)38-7/h8-12,15-17H,13-14,30H2,1-7H3,(H,31,33,34)/t15-,16+/m1/s1. The number of hydrogen-bond acceptors (Lipinski definition) is 10. The van der Waals surface area contributed by atoms with Crippen molar-refractivity contribution in [3.8, 4) is 5.88 Å². The fraction of sp³-hybridized carbons (Fsp3) is 0.483. The van der Waals surface area contributed by atoms with Gasteiger partial charge in [-0.2, -0.15) is 0 Å². The van der Waals surface area contributed by atoms with Crippen LogP contribution in [0.5, 0.6) is 5.88 Å². The van der Waals surface area contributed by atoms with Gasteiger partial charge in [0.05, 0.1) is 29.7 Å². The summed E-state index contributed by atoms with van der Waals surface area (Å²) in [5, 5.41) is 4.83. The lowest BCUT2D eigenvalue weighted by atomic mass is 9.84. The molecule has 1 fully saturated rings. The van der Waals surface area contributed by atoms with Crippen LogP contribution < -0.4 is 15.8 Å². The number of likely N-dealkylation sites (tertiary alicyclic amines) is 1. The van der Waals surface area contributed by atoms with Gasteiger partial charge in [0, 0.05) is 31.0 Å². The van der Waals surface area contributed by atoms with E-state index in [0.29, 0.717) is 47.2 Å².